The lowest BCUT2D eigenvalue weighted by atomic mass is 9.91. The number of alkyl carbamates (subject to hydrolysis) is 1. The Morgan fingerprint density at radius 1 is 1.03 bits per heavy atom. The molecule has 0 spiro atoms. The normalized spacial score (nSPS) is 21.2. The number of hydrogen-bond acceptors (Lipinski definition) is 4. The largest absolute Gasteiger partial charge is 0.481 e. The van der Waals surface area contributed by atoms with Crippen LogP contribution in [0.5, 0.6) is 0 Å². The zero-order chi connectivity index (χ0) is 23.9. The molecule has 5 rings (SSSR count). The van der Waals surface area contributed by atoms with Gasteiger partial charge in [0.05, 0.1) is 5.92 Å². The molecule has 0 radical (unpaired) electrons. The van der Waals surface area contributed by atoms with Gasteiger partial charge in [-0.05, 0) is 60.8 Å². The van der Waals surface area contributed by atoms with Crippen molar-refractivity contribution in [1.82, 2.24) is 10.2 Å². The summed E-state index contributed by atoms with van der Waals surface area (Å²) < 4.78 is 5.70. The van der Waals surface area contributed by atoms with Gasteiger partial charge in [-0.25, -0.2) is 4.79 Å². The van der Waals surface area contributed by atoms with Crippen LogP contribution in [0.3, 0.4) is 0 Å². The smallest absolute Gasteiger partial charge is 0.408 e. The number of amides is 2. The number of benzene rings is 2. The van der Waals surface area contributed by atoms with E-state index in [9.17, 15) is 19.5 Å². The lowest BCUT2D eigenvalue weighted by molar-refractivity contribution is -0.148. The van der Waals surface area contributed by atoms with Crippen molar-refractivity contribution in [3.05, 3.63) is 59.7 Å². The topological polar surface area (TPSA) is 95.9 Å². The van der Waals surface area contributed by atoms with E-state index in [2.05, 4.69) is 29.6 Å². The Balaban J connectivity index is 1.28. The number of aliphatic carboxylic acids is 1. The van der Waals surface area contributed by atoms with Crippen molar-refractivity contribution in [2.75, 3.05) is 19.7 Å². The number of carboxylic acids is 1. The van der Waals surface area contributed by atoms with E-state index in [1.54, 1.807) is 11.8 Å². The second-order valence-corrected chi connectivity index (χ2v) is 9.86. The van der Waals surface area contributed by atoms with Crippen LogP contribution in [0.25, 0.3) is 11.1 Å². The van der Waals surface area contributed by atoms with Crippen LogP contribution in [0, 0.1) is 11.8 Å². The Morgan fingerprint density at radius 2 is 1.65 bits per heavy atom. The fraction of sp³-hybridized carbons (Fsp3) is 0.444. The first-order valence-electron chi connectivity index (χ1n) is 12.0. The molecule has 2 unspecified atom stereocenters. The summed E-state index contributed by atoms with van der Waals surface area (Å²) in [5.74, 6) is -1.68. The van der Waals surface area contributed by atoms with Crippen molar-refractivity contribution in [2.45, 2.75) is 44.1 Å². The molecule has 0 bridgehead atoms. The molecule has 2 atom stereocenters. The van der Waals surface area contributed by atoms with E-state index < -0.39 is 23.5 Å². The highest BCUT2D eigenvalue weighted by Crippen LogP contribution is 2.45. The highest BCUT2D eigenvalue weighted by atomic mass is 16.5. The first kappa shape index (κ1) is 22.4. The second-order valence-electron chi connectivity index (χ2n) is 9.86. The van der Waals surface area contributed by atoms with E-state index in [1.807, 2.05) is 24.3 Å². The zero-order valence-electron chi connectivity index (χ0n) is 19.3. The number of fused-ring (bicyclic) bond motifs is 3. The monoisotopic (exact) mass is 462 g/mol. The molecule has 2 aromatic carbocycles. The molecular weight excluding hydrogens is 432 g/mol. The summed E-state index contributed by atoms with van der Waals surface area (Å²) in [4.78, 5) is 39.4. The minimum Gasteiger partial charge on any atom is -0.481 e. The van der Waals surface area contributed by atoms with Crippen molar-refractivity contribution in [3.63, 3.8) is 0 Å². The Bertz CT molecular complexity index is 1080. The van der Waals surface area contributed by atoms with Crippen LogP contribution >= 0.6 is 0 Å². The van der Waals surface area contributed by atoms with Gasteiger partial charge in [-0.1, -0.05) is 48.5 Å². The Hall–Kier alpha value is -3.35. The van der Waals surface area contributed by atoms with Crippen LogP contribution in [-0.4, -0.2) is 53.2 Å². The third-order valence-electron chi connectivity index (χ3n) is 7.60. The highest BCUT2D eigenvalue weighted by molar-refractivity contribution is 5.91. The van der Waals surface area contributed by atoms with Gasteiger partial charge < -0.3 is 20.1 Å². The van der Waals surface area contributed by atoms with Crippen molar-refractivity contribution in [1.29, 1.82) is 0 Å². The number of nitrogens with zero attached hydrogens (tertiary/aromatic N) is 1. The number of carbonyl (C=O) groups is 3. The minimum absolute atomic E-state index is 0.0330. The summed E-state index contributed by atoms with van der Waals surface area (Å²) in [7, 11) is 0. The maximum atomic E-state index is 13.5. The Morgan fingerprint density at radius 3 is 2.24 bits per heavy atom. The van der Waals surface area contributed by atoms with Gasteiger partial charge in [0, 0.05) is 19.0 Å². The van der Waals surface area contributed by atoms with Crippen molar-refractivity contribution in [2.24, 2.45) is 11.8 Å². The lowest BCUT2D eigenvalue weighted by Crippen LogP contribution is -2.61. The van der Waals surface area contributed by atoms with Gasteiger partial charge in [-0.3, -0.25) is 9.59 Å². The predicted octanol–water partition coefficient (Wildman–Crippen LogP) is 4.02. The summed E-state index contributed by atoms with van der Waals surface area (Å²) >= 11 is 0. The van der Waals surface area contributed by atoms with Gasteiger partial charge in [0.15, 0.2) is 0 Å². The molecule has 1 aliphatic heterocycles. The van der Waals surface area contributed by atoms with Gasteiger partial charge in [0.2, 0.25) is 5.91 Å². The Kier molecular flexibility index (Phi) is 5.80. The molecule has 2 aliphatic carbocycles. The summed E-state index contributed by atoms with van der Waals surface area (Å²) in [6.45, 7) is 2.62. The van der Waals surface area contributed by atoms with E-state index in [-0.39, 0.29) is 30.9 Å². The predicted molar refractivity (Wildman–Crippen MR) is 126 cm³/mol. The summed E-state index contributed by atoms with van der Waals surface area (Å²) in [5, 5.41) is 12.3. The maximum absolute atomic E-state index is 13.5. The number of likely N-dealkylation sites (tertiary alicyclic amines) is 1. The molecule has 2 aromatic rings. The molecule has 2 N–H and O–H groups in total. The van der Waals surface area contributed by atoms with Gasteiger partial charge in [-0.2, -0.15) is 0 Å². The molecule has 3 aliphatic rings. The minimum atomic E-state index is -1.09. The Labute approximate surface area is 199 Å². The molecular formula is C27H30N2O5. The zero-order valence-corrected chi connectivity index (χ0v) is 19.3. The first-order valence-corrected chi connectivity index (χ1v) is 12.0. The number of piperidine rings is 1. The van der Waals surface area contributed by atoms with Crippen molar-refractivity contribution >= 4 is 18.0 Å². The van der Waals surface area contributed by atoms with Crippen molar-refractivity contribution in [3.8, 4) is 11.1 Å². The lowest BCUT2D eigenvalue weighted by Gasteiger charge is -2.38. The average molecular weight is 463 g/mol. The van der Waals surface area contributed by atoms with Crippen LogP contribution in [-0.2, 0) is 14.3 Å². The molecule has 0 aromatic heterocycles. The van der Waals surface area contributed by atoms with Gasteiger partial charge >= 0.3 is 12.1 Å². The standard InChI is InChI=1S/C27H30N2O5/c1-27(18-12-13-18,25(32)29-14-6-7-17(15-29)24(30)31)28-26(33)34-16-23-21-10-4-2-8-19(21)20-9-3-5-11-22(20)23/h2-5,8-11,17-18,23H,6-7,12-16H2,1H3,(H,28,33)(H,30,31). The molecule has 1 saturated carbocycles. The van der Waals surface area contributed by atoms with E-state index in [1.165, 1.54) is 0 Å². The van der Waals surface area contributed by atoms with Gasteiger partial charge in [0.1, 0.15) is 12.1 Å². The van der Waals surface area contributed by atoms with Gasteiger partial charge in [0.25, 0.3) is 0 Å². The summed E-state index contributed by atoms with van der Waals surface area (Å²) in [6, 6.07) is 16.3. The van der Waals surface area contributed by atoms with Crippen LogP contribution in [0.1, 0.15) is 49.7 Å². The average Bonchev–Trinajstić information content (AvgIpc) is 3.66. The molecule has 178 valence electrons. The third-order valence-corrected chi connectivity index (χ3v) is 7.60. The van der Waals surface area contributed by atoms with E-state index in [0.717, 1.165) is 35.1 Å². The number of ether oxygens (including phenoxy) is 1. The maximum Gasteiger partial charge on any atom is 0.408 e. The van der Waals surface area contributed by atoms with Crippen LogP contribution in [0.4, 0.5) is 4.79 Å². The van der Waals surface area contributed by atoms with E-state index >= 15 is 0 Å². The summed E-state index contributed by atoms with van der Waals surface area (Å²) in [5.41, 5.74) is 3.48. The van der Waals surface area contributed by atoms with Crippen molar-refractivity contribution < 1.29 is 24.2 Å². The number of carboxylic acid groups (broad SMARTS) is 1. The number of nitrogens with one attached hydrogen (secondary N) is 1. The third kappa shape index (κ3) is 4.04. The fourth-order valence-electron chi connectivity index (χ4n) is 5.53. The quantitative estimate of drug-likeness (QED) is 0.676. The molecule has 34 heavy (non-hydrogen) atoms. The molecule has 7 nitrogen and oxygen atoms in total. The van der Waals surface area contributed by atoms with Crippen LogP contribution in [0.2, 0.25) is 0 Å². The highest BCUT2D eigenvalue weighted by Gasteiger charge is 2.51. The van der Waals surface area contributed by atoms with Gasteiger partial charge in [-0.15, -0.1) is 0 Å². The van der Waals surface area contributed by atoms with Crippen LogP contribution < -0.4 is 5.32 Å². The second kappa shape index (κ2) is 8.78. The molecule has 1 heterocycles. The molecule has 7 heteroatoms. The van der Waals surface area contributed by atoms with E-state index in [4.69, 9.17) is 4.74 Å². The molecule has 1 saturated heterocycles. The SMILES string of the molecule is CC(NC(=O)OCC1c2ccccc2-c2ccccc21)(C(=O)N1CCCC(C(=O)O)C1)C1CC1. The number of hydrogen-bond donors (Lipinski definition) is 2. The number of rotatable bonds is 6. The van der Waals surface area contributed by atoms with Crippen LogP contribution in [0.15, 0.2) is 48.5 Å². The molecule has 2 fully saturated rings. The van der Waals surface area contributed by atoms with E-state index in [0.29, 0.717) is 19.4 Å². The molecule has 2 amide bonds. The number of carbonyl (C=O) groups excluding carboxylic acids is 2. The summed E-state index contributed by atoms with van der Waals surface area (Å²) in [6.07, 6.45) is 2.30. The fourth-order valence-corrected chi connectivity index (χ4v) is 5.53. The first-order chi connectivity index (χ1) is 16.4.